The highest BCUT2D eigenvalue weighted by Gasteiger charge is 2.50. The standard InChI is InChI=1S/C61H94O12/c1-4-7-10-13-16-19-22-25-26-27-28-31-32-35-38-41-44-47-53(62)69-50-52(71-54(63)48-45-42-39-36-33-29-23-20-17-14-11-8-5-2)51-70-61-59(57(66)56(65)58(73-61)60(67)68)72-55(64)49-46-43-40-37-34-30-24-21-18-15-12-9-6-3/h7,9-12,14,16,18-21,23,25-26,28,30-31,34,40,43,52,56-59,61,65-66H,4-6,8,13,15,17,22,24,27,29,32-33,35-39,41-42,44-51H2,1-3H3,(H,67,68)/b10-7-,12-9-,14-11-,19-16-,21-18-,23-20-,26-25-,31-28-,34-30-,43-40-. The molecule has 0 saturated carbocycles. The summed E-state index contributed by atoms with van der Waals surface area (Å²) in [5.74, 6) is -3.30. The van der Waals surface area contributed by atoms with Crippen LogP contribution in [0.15, 0.2) is 122 Å². The Balaban J connectivity index is 2.78. The van der Waals surface area contributed by atoms with Crippen molar-refractivity contribution < 1.29 is 58.2 Å². The summed E-state index contributed by atoms with van der Waals surface area (Å²) in [5.41, 5.74) is 0. The van der Waals surface area contributed by atoms with E-state index in [-0.39, 0.29) is 25.9 Å². The van der Waals surface area contributed by atoms with E-state index in [1.807, 2.05) is 18.2 Å². The lowest BCUT2D eigenvalue weighted by Gasteiger charge is -2.40. The molecule has 12 heteroatoms. The monoisotopic (exact) mass is 1020 g/mol. The molecule has 0 aromatic rings. The van der Waals surface area contributed by atoms with E-state index in [1.54, 1.807) is 0 Å². The van der Waals surface area contributed by atoms with Crippen LogP contribution in [0.25, 0.3) is 0 Å². The molecule has 0 aliphatic carbocycles. The summed E-state index contributed by atoms with van der Waals surface area (Å²) < 4.78 is 28.2. The second-order valence-corrected chi connectivity index (χ2v) is 18.1. The molecule has 410 valence electrons. The number of hydrogen-bond donors (Lipinski definition) is 3. The van der Waals surface area contributed by atoms with Gasteiger partial charge in [0, 0.05) is 19.3 Å². The van der Waals surface area contributed by atoms with Crippen LogP contribution in [0.1, 0.15) is 188 Å². The largest absolute Gasteiger partial charge is 0.479 e. The van der Waals surface area contributed by atoms with Crippen LogP contribution < -0.4 is 0 Å². The Bertz CT molecular complexity index is 1730. The van der Waals surface area contributed by atoms with Crippen LogP contribution in [0, 0.1) is 0 Å². The third-order valence-electron chi connectivity index (χ3n) is 11.5. The number of unbranched alkanes of at least 4 members (excludes halogenated alkanes) is 10. The van der Waals surface area contributed by atoms with E-state index in [9.17, 15) is 34.5 Å². The fourth-order valence-corrected chi connectivity index (χ4v) is 7.35. The molecule has 1 aliphatic rings. The topological polar surface area (TPSA) is 175 Å². The Labute approximate surface area is 439 Å². The molecule has 0 bridgehead atoms. The zero-order valence-corrected chi connectivity index (χ0v) is 44.8. The number of allylic oxidation sites excluding steroid dienone is 20. The van der Waals surface area contributed by atoms with Crippen LogP contribution in [-0.4, -0.2) is 89.2 Å². The maximum Gasteiger partial charge on any atom is 0.335 e. The van der Waals surface area contributed by atoms with E-state index >= 15 is 0 Å². The third kappa shape index (κ3) is 38.4. The Morgan fingerprint density at radius 3 is 1.37 bits per heavy atom. The van der Waals surface area contributed by atoms with Gasteiger partial charge in [0.2, 0.25) is 0 Å². The minimum absolute atomic E-state index is 0.0713. The first-order valence-corrected chi connectivity index (χ1v) is 27.5. The van der Waals surface area contributed by atoms with Crippen LogP contribution in [0.3, 0.4) is 0 Å². The van der Waals surface area contributed by atoms with Crippen LogP contribution in [0.2, 0.25) is 0 Å². The number of esters is 3. The lowest BCUT2D eigenvalue weighted by Crippen LogP contribution is -2.61. The van der Waals surface area contributed by atoms with E-state index in [0.717, 1.165) is 122 Å². The zero-order chi connectivity index (χ0) is 53.3. The van der Waals surface area contributed by atoms with Crippen LogP contribution in [0.5, 0.6) is 0 Å². The summed E-state index contributed by atoms with van der Waals surface area (Å²) in [6, 6.07) is 0. The molecule has 6 unspecified atom stereocenters. The summed E-state index contributed by atoms with van der Waals surface area (Å²) in [7, 11) is 0. The van der Waals surface area contributed by atoms with Crippen LogP contribution in [0.4, 0.5) is 0 Å². The van der Waals surface area contributed by atoms with Crippen molar-refractivity contribution in [1.29, 1.82) is 0 Å². The summed E-state index contributed by atoms with van der Waals surface area (Å²) in [5, 5.41) is 31.4. The van der Waals surface area contributed by atoms with Gasteiger partial charge in [-0.25, -0.2) is 4.79 Å². The van der Waals surface area contributed by atoms with Gasteiger partial charge in [-0.3, -0.25) is 14.4 Å². The molecule has 0 spiro atoms. The van der Waals surface area contributed by atoms with Gasteiger partial charge in [0.15, 0.2) is 24.6 Å². The molecule has 3 N–H and O–H groups in total. The lowest BCUT2D eigenvalue weighted by molar-refractivity contribution is -0.301. The number of carboxylic acid groups (broad SMARTS) is 1. The molecule has 73 heavy (non-hydrogen) atoms. The van der Waals surface area contributed by atoms with Gasteiger partial charge in [-0.2, -0.15) is 0 Å². The number of rotatable bonds is 44. The minimum atomic E-state index is -1.94. The number of hydrogen-bond acceptors (Lipinski definition) is 11. The van der Waals surface area contributed by atoms with Gasteiger partial charge < -0.3 is 39.0 Å². The highest BCUT2D eigenvalue weighted by Crippen LogP contribution is 2.26. The van der Waals surface area contributed by atoms with Crippen molar-refractivity contribution in [3.63, 3.8) is 0 Å². The van der Waals surface area contributed by atoms with Gasteiger partial charge in [-0.1, -0.05) is 181 Å². The average Bonchev–Trinajstić information content (AvgIpc) is 3.37. The molecule has 1 rings (SSSR count). The molecule has 1 fully saturated rings. The number of carbonyl (C=O) groups is 4. The van der Waals surface area contributed by atoms with Crippen molar-refractivity contribution in [3.8, 4) is 0 Å². The predicted octanol–water partition coefficient (Wildman–Crippen LogP) is 13.7. The molecule has 6 atom stereocenters. The Morgan fingerprint density at radius 2 is 0.890 bits per heavy atom. The predicted molar refractivity (Wildman–Crippen MR) is 293 cm³/mol. The normalized spacial score (nSPS) is 19.3. The van der Waals surface area contributed by atoms with E-state index in [0.29, 0.717) is 25.7 Å². The number of carbonyl (C=O) groups excluding carboxylic acids is 3. The second kappa shape index (κ2) is 48.1. The Morgan fingerprint density at radius 1 is 0.466 bits per heavy atom. The van der Waals surface area contributed by atoms with Crippen LogP contribution in [-0.2, 0) is 42.9 Å². The lowest BCUT2D eigenvalue weighted by atomic mass is 9.98. The second-order valence-electron chi connectivity index (χ2n) is 18.1. The van der Waals surface area contributed by atoms with Crippen LogP contribution >= 0.6 is 0 Å². The number of aliphatic hydroxyl groups excluding tert-OH is 2. The van der Waals surface area contributed by atoms with Crippen molar-refractivity contribution in [1.82, 2.24) is 0 Å². The molecular formula is C61H94O12. The first-order chi connectivity index (χ1) is 35.6. The number of aliphatic carboxylic acids is 1. The highest BCUT2D eigenvalue weighted by atomic mass is 16.7. The first-order valence-electron chi connectivity index (χ1n) is 27.5. The van der Waals surface area contributed by atoms with Crippen molar-refractivity contribution in [2.24, 2.45) is 0 Å². The van der Waals surface area contributed by atoms with Crippen molar-refractivity contribution in [2.75, 3.05) is 13.2 Å². The smallest absolute Gasteiger partial charge is 0.335 e. The van der Waals surface area contributed by atoms with Crippen molar-refractivity contribution in [2.45, 2.75) is 225 Å². The Hall–Kier alpha value is -4.88. The fraction of sp³-hybridized carbons (Fsp3) is 0.607. The molecular weight excluding hydrogens is 925 g/mol. The van der Waals surface area contributed by atoms with Gasteiger partial charge in [0.05, 0.1) is 6.61 Å². The quantitative estimate of drug-likeness (QED) is 0.0228. The van der Waals surface area contributed by atoms with Gasteiger partial charge in [0.1, 0.15) is 18.8 Å². The summed E-state index contributed by atoms with van der Waals surface area (Å²) in [6.07, 6.45) is 53.4. The third-order valence-corrected chi connectivity index (χ3v) is 11.5. The van der Waals surface area contributed by atoms with Gasteiger partial charge in [0.25, 0.3) is 0 Å². The molecule has 1 aliphatic heterocycles. The van der Waals surface area contributed by atoms with E-state index in [4.69, 9.17) is 23.7 Å². The average molecular weight is 1020 g/mol. The maximum absolute atomic E-state index is 13.1. The highest BCUT2D eigenvalue weighted by molar-refractivity contribution is 5.74. The van der Waals surface area contributed by atoms with Crippen molar-refractivity contribution in [3.05, 3.63) is 122 Å². The van der Waals surface area contributed by atoms with E-state index in [2.05, 4.69) is 124 Å². The van der Waals surface area contributed by atoms with Gasteiger partial charge in [-0.05, 0) is 109 Å². The van der Waals surface area contributed by atoms with Gasteiger partial charge >= 0.3 is 23.9 Å². The molecule has 1 heterocycles. The molecule has 0 radical (unpaired) electrons. The van der Waals surface area contributed by atoms with Gasteiger partial charge in [-0.15, -0.1) is 0 Å². The molecule has 1 saturated heterocycles. The number of ether oxygens (including phenoxy) is 5. The number of aliphatic hydroxyl groups is 2. The summed E-state index contributed by atoms with van der Waals surface area (Å²) >= 11 is 0. The summed E-state index contributed by atoms with van der Waals surface area (Å²) in [6.45, 7) is 5.60. The van der Waals surface area contributed by atoms with E-state index in [1.165, 1.54) is 0 Å². The molecule has 12 nitrogen and oxygen atoms in total. The molecule has 0 aromatic heterocycles. The Kier molecular flexibility index (Phi) is 43.6. The fourth-order valence-electron chi connectivity index (χ4n) is 7.35. The number of carboxylic acids is 1. The minimum Gasteiger partial charge on any atom is -0.479 e. The molecule has 0 amide bonds. The SMILES string of the molecule is CC/C=C\C/C=C\C/C=C\C/C=C\CCCCCCC(=O)OCC(COC1OC(C(=O)O)C(O)C(O)C1OC(=O)CC/C=C\C/C=C\C/C=C\C/C=C\CC)OC(=O)CCCCCCC/C=C\C/C=C\CCC. The van der Waals surface area contributed by atoms with Crippen molar-refractivity contribution >= 4 is 23.9 Å². The summed E-state index contributed by atoms with van der Waals surface area (Å²) in [4.78, 5) is 50.9. The van der Waals surface area contributed by atoms with E-state index < -0.39 is 67.3 Å². The zero-order valence-electron chi connectivity index (χ0n) is 44.8. The molecule has 0 aromatic carbocycles. The first kappa shape index (κ1) is 66.1. The maximum atomic E-state index is 13.1.